The SMILES string of the molecule is O=C(Nc1nn(Cc2ccc(C(F)(F)F)cc2)c2cccc(Cl)c12)c1ccoc1. The van der Waals surface area contributed by atoms with Crippen molar-refractivity contribution in [3.63, 3.8) is 0 Å². The maximum absolute atomic E-state index is 12.8. The van der Waals surface area contributed by atoms with Crippen molar-refractivity contribution < 1.29 is 22.4 Å². The van der Waals surface area contributed by atoms with Crippen LogP contribution in [0.1, 0.15) is 21.5 Å². The second-order valence-corrected chi connectivity index (χ2v) is 6.71. The summed E-state index contributed by atoms with van der Waals surface area (Å²) < 4.78 is 44.8. The predicted molar refractivity (Wildman–Crippen MR) is 102 cm³/mol. The van der Waals surface area contributed by atoms with Crippen LogP contribution in [0.5, 0.6) is 0 Å². The highest BCUT2D eigenvalue weighted by molar-refractivity contribution is 6.36. The number of hydrogen-bond donors (Lipinski definition) is 1. The minimum absolute atomic E-state index is 0.205. The van der Waals surface area contributed by atoms with Gasteiger partial charge in [0.25, 0.3) is 5.91 Å². The van der Waals surface area contributed by atoms with E-state index in [4.69, 9.17) is 16.0 Å². The van der Waals surface area contributed by atoms with Crippen LogP contribution in [0.2, 0.25) is 5.02 Å². The van der Waals surface area contributed by atoms with Crippen LogP contribution in [0.15, 0.2) is 65.5 Å². The van der Waals surface area contributed by atoms with E-state index in [1.165, 1.54) is 30.7 Å². The Bertz CT molecular complexity index is 1170. The lowest BCUT2D eigenvalue weighted by Crippen LogP contribution is -2.12. The zero-order chi connectivity index (χ0) is 20.6. The van der Waals surface area contributed by atoms with E-state index in [1.807, 2.05) is 0 Å². The molecule has 5 nitrogen and oxygen atoms in total. The number of alkyl halides is 3. The van der Waals surface area contributed by atoms with Crippen LogP contribution in [0, 0.1) is 0 Å². The number of aromatic nitrogens is 2. The van der Waals surface area contributed by atoms with Gasteiger partial charge >= 0.3 is 6.18 Å². The van der Waals surface area contributed by atoms with E-state index in [9.17, 15) is 18.0 Å². The van der Waals surface area contributed by atoms with Crippen molar-refractivity contribution in [3.8, 4) is 0 Å². The molecule has 1 amide bonds. The molecule has 4 aromatic rings. The molecule has 0 spiro atoms. The minimum Gasteiger partial charge on any atom is -0.472 e. The molecule has 29 heavy (non-hydrogen) atoms. The zero-order valence-corrected chi connectivity index (χ0v) is 15.5. The van der Waals surface area contributed by atoms with E-state index in [-0.39, 0.29) is 12.4 Å². The molecule has 4 rings (SSSR count). The number of fused-ring (bicyclic) bond motifs is 1. The fourth-order valence-corrected chi connectivity index (χ4v) is 3.20. The normalized spacial score (nSPS) is 11.7. The number of carbonyl (C=O) groups excluding carboxylic acids is 1. The van der Waals surface area contributed by atoms with Crippen molar-refractivity contribution in [1.29, 1.82) is 0 Å². The summed E-state index contributed by atoms with van der Waals surface area (Å²) in [6, 6.07) is 11.5. The minimum atomic E-state index is -4.39. The molecule has 0 unspecified atom stereocenters. The molecule has 0 saturated heterocycles. The molecular weight excluding hydrogens is 407 g/mol. The van der Waals surface area contributed by atoms with Crippen molar-refractivity contribution in [1.82, 2.24) is 9.78 Å². The van der Waals surface area contributed by atoms with E-state index in [1.54, 1.807) is 22.9 Å². The molecule has 2 heterocycles. The van der Waals surface area contributed by atoms with Crippen molar-refractivity contribution in [2.24, 2.45) is 0 Å². The second-order valence-electron chi connectivity index (χ2n) is 6.30. The Hall–Kier alpha value is -3.26. The summed E-state index contributed by atoms with van der Waals surface area (Å²) in [7, 11) is 0. The van der Waals surface area contributed by atoms with Crippen LogP contribution >= 0.6 is 11.6 Å². The molecule has 0 saturated carbocycles. The Morgan fingerprint density at radius 1 is 1.14 bits per heavy atom. The van der Waals surface area contributed by atoms with Gasteiger partial charge in [-0.1, -0.05) is 29.8 Å². The highest BCUT2D eigenvalue weighted by Crippen LogP contribution is 2.32. The largest absolute Gasteiger partial charge is 0.472 e. The first-order chi connectivity index (χ1) is 13.8. The Morgan fingerprint density at radius 3 is 2.55 bits per heavy atom. The molecule has 0 aliphatic rings. The number of nitrogens with zero attached hydrogens (tertiary/aromatic N) is 2. The quantitative estimate of drug-likeness (QED) is 0.468. The van der Waals surface area contributed by atoms with Gasteiger partial charge in [-0.3, -0.25) is 9.48 Å². The van der Waals surface area contributed by atoms with E-state index in [0.29, 0.717) is 27.1 Å². The summed E-state index contributed by atoms with van der Waals surface area (Å²) >= 11 is 6.31. The predicted octanol–water partition coefficient (Wildman–Crippen LogP) is 5.60. The summed E-state index contributed by atoms with van der Waals surface area (Å²) in [5, 5.41) is 8.05. The van der Waals surface area contributed by atoms with Gasteiger partial charge in [0, 0.05) is 0 Å². The van der Waals surface area contributed by atoms with Gasteiger partial charge in [0.15, 0.2) is 5.82 Å². The molecule has 0 aliphatic carbocycles. The van der Waals surface area contributed by atoms with E-state index < -0.39 is 17.6 Å². The van der Waals surface area contributed by atoms with Gasteiger partial charge in [0.1, 0.15) is 6.26 Å². The fourth-order valence-electron chi connectivity index (χ4n) is 2.94. The number of hydrogen-bond acceptors (Lipinski definition) is 3. The van der Waals surface area contributed by atoms with Gasteiger partial charge in [-0.2, -0.15) is 18.3 Å². The third kappa shape index (κ3) is 3.84. The maximum Gasteiger partial charge on any atom is 0.416 e. The zero-order valence-electron chi connectivity index (χ0n) is 14.7. The molecule has 0 radical (unpaired) electrons. The van der Waals surface area contributed by atoms with Gasteiger partial charge in [0.2, 0.25) is 0 Å². The van der Waals surface area contributed by atoms with Crippen molar-refractivity contribution in [2.75, 3.05) is 5.32 Å². The molecule has 0 bridgehead atoms. The average molecular weight is 420 g/mol. The van der Waals surface area contributed by atoms with Gasteiger partial charge in [-0.25, -0.2) is 0 Å². The third-order valence-electron chi connectivity index (χ3n) is 4.36. The van der Waals surface area contributed by atoms with Gasteiger partial charge in [-0.15, -0.1) is 0 Å². The van der Waals surface area contributed by atoms with Crippen LogP contribution in [-0.4, -0.2) is 15.7 Å². The number of benzene rings is 2. The van der Waals surface area contributed by atoms with E-state index in [0.717, 1.165) is 12.1 Å². The smallest absolute Gasteiger partial charge is 0.416 e. The van der Waals surface area contributed by atoms with Crippen LogP contribution in [0.3, 0.4) is 0 Å². The monoisotopic (exact) mass is 419 g/mol. The summed E-state index contributed by atoms with van der Waals surface area (Å²) in [5.41, 5.74) is 0.861. The molecule has 0 aliphatic heterocycles. The van der Waals surface area contributed by atoms with Crippen molar-refractivity contribution in [2.45, 2.75) is 12.7 Å². The molecule has 0 atom stereocenters. The highest BCUT2D eigenvalue weighted by atomic mass is 35.5. The molecule has 9 heteroatoms. The van der Waals surface area contributed by atoms with Crippen LogP contribution in [0.25, 0.3) is 10.9 Å². The molecule has 1 N–H and O–H groups in total. The first-order valence-electron chi connectivity index (χ1n) is 8.47. The lowest BCUT2D eigenvalue weighted by atomic mass is 10.1. The van der Waals surface area contributed by atoms with Crippen LogP contribution in [0.4, 0.5) is 19.0 Å². The highest BCUT2D eigenvalue weighted by Gasteiger charge is 2.30. The van der Waals surface area contributed by atoms with Crippen molar-refractivity contribution >= 4 is 34.2 Å². The Morgan fingerprint density at radius 2 is 1.90 bits per heavy atom. The standard InChI is InChI=1S/C20H13ClF3N3O2/c21-15-2-1-3-16-17(15)18(25-19(28)13-8-9-29-11-13)26-27(16)10-12-4-6-14(7-5-12)20(22,23)24/h1-9,11H,10H2,(H,25,26,28). The number of halogens is 4. The number of nitrogens with one attached hydrogen (secondary N) is 1. The molecule has 0 fully saturated rings. The lowest BCUT2D eigenvalue weighted by Gasteiger charge is -2.08. The number of furan rings is 1. The lowest BCUT2D eigenvalue weighted by molar-refractivity contribution is -0.137. The molecular formula is C20H13ClF3N3O2. The van der Waals surface area contributed by atoms with Gasteiger partial charge in [0.05, 0.1) is 39.9 Å². The van der Waals surface area contributed by atoms with E-state index in [2.05, 4.69) is 10.4 Å². The summed E-state index contributed by atoms with van der Waals surface area (Å²) in [6.07, 6.45) is -1.71. The maximum atomic E-state index is 12.8. The number of rotatable bonds is 4. The Balaban J connectivity index is 1.68. The first kappa shape index (κ1) is 19.1. The fraction of sp³-hybridized carbons (Fsp3) is 0.100. The number of anilines is 1. The molecule has 148 valence electrons. The van der Waals surface area contributed by atoms with E-state index >= 15 is 0 Å². The summed E-state index contributed by atoms with van der Waals surface area (Å²) in [6.45, 7) is 0.205. The molecule has 2 aromatic carbocycles. The third-order valence-corrected chi connectivity index (χ3v) is 4.67. The number of carbonyl (C=O) groups is 1. The van der Waals surface area contributed by atoms with Crippen LogP contribution in [-0.2, 0) is 12.7 Å². The topological polar surface area (TPSA) is 60.1 Å². The van der Waals surface area contributed by atoms with Crippen LogP contribution < -0.4 is 5.32 Å². The second kappa shape index (κ2) is 7.29. The van der Waals surface area contributed by atoms with Gasteiger partial charge < -0.3 is 9.73 Å². The van der Waals surface area contributed by atoms with Gasteiger partial charge in [-0.05, 0) is 35.9 Å². The average Bonchev–Trinajstić information content (AvgIpc) is 3.31. The summed E-state index contributed by atoms with van der Waals surface area (Å²) in [4.78, 5) is 12.4. The Kier molecular flexibility index (Phi) is 4.79. The van der Waals surface area contributed by atoms with Crippen molar-refractivity contribution in [3.05, 3.63) is 82.8 Å². The Labute approximate surface area is 167 Å². The molecule has 2 aromatic heterocycles. The number of amides is 1. The summed E-state index contributed by atoms with van der Waals surface area (Å²) in [5.74, 6) is -0.163. The first-order valence-corrected chi connectivity index (χ1v) is 8.85.